The van der Waals surface area contributed by atoms with Gasteiger partial charge in [-0.2, -0.15) is 0 Å². The number of nitrogens with zero attached hydrogens (tertiary/aromatic N) is 1. The molecule has 0 spiro atoms. The van der Waals surface area contributed by atoms with Crippen LogP contribution in [0.3, 0.4) is 0 Å². The lowest BCUT2D eigenvalue weighted by Crippen LogP contribution is -2.36. The third-order valence-corrected chi connectivity index (χ3v) is 2.50. The number of carbonyl (C=O) groups excluding carboxylic acids is 1. The van der Waals surface area contributed by atoms with E-state index in [1.165, 1.54) is 12.8 Å². The van der Waals surface area contributed by atoms with E-state index in [2.05, 4.69) is 11.8 Å². The second-order valence-corrected chi connectivity index (χ2v) is 3.73. The number of amides is 1. The minimum absolute atomic E-state index is 0.0990. The van der Waals surface area contributed by atoms with E-state index in [1.807, 2.05) is 6.92 Å². The third kappa shape index (κ3) is 3.22. The van der Waals surface area contributed by atoms with Crippen LogP contribution in [0.5, 0.6) is 0 Å². The predicted molar refractivity (Wildman–Crippen MR) is 50.4 cm³/mol. The van der Waals surface area contributed by atoms with Crippen LogP contribution in [0.25, 0.3) is 0 Å². The molecule has 1 heterocycles. The number of carbonyl (C=O) groups is 1. The zero-order valence-electron chi connectivity index (χ0n) is 8.32. The molecular formula is C9H18N2O2. The molecule has 1 unspecified atom stereocenters. The van der Waals surface area contributed by atoms with E-state index in [9.17, 15) is 4.79 Å². The van der Waals surface area contributed by atoms with Gasteiger partial charge in [0.25, 0.3) is 0 Å². The maximum absolute atomic E-state index is 10.4. The summed E-state index contributed by atoms with van der Waals surface area (Å²) in [5.74, 6) is 0. The molecule has 1 aliphatic heterocycles. The molecule has 2 atom stereocenters. The number of ether oxygens (including phenoxy) is 1. The van der Waals surface area contributed by atoms with Gasteiger partial charge in [-0.1, -0.05) is 0 Å². The molecule has 4 nitrogen and oxygen atoms in total. The number of rotatable bonds is 3. The first-order valence-electron chi connectivity index (χ1n) is 4.79. The molecular weight excluding hydrogens is 168 g/mol. The van der Waals surface area contributed by atoms with Crippen LogP contribution in [0.2, 0.25) is 0 Å². The Hall–Kier alpha value is -0.770. The standard InChI is InChI=1S/C9H18N2O2/c1-7-4-3-5-11(7)6-8(2)13-9(10)12/h7-8H,3-6H2,1-2H3,(H2,10,12)/t7-,8?/m0/s1. The summed E-state index contributed by atoms with van der Waals surface area (Å²) in [5, 5.41) is 0. The highest BCUT2D eigenvalue weighted by Gasteiger charge is 2.22. The lowest BCUT2D eigenvalue weighted by atomic mass is 10.2. The van der Waals surface area contributed by atoms with Crippen LogP contribution in [0.15, 0.2) is 0 Å². The zero-order valence-corrected chi connectivity index (χ0v) is 8.32. The van der Waals surface area contributed by atoms with Crippen molar-refractivity contribution in [1.29, 1.82) is 0 Å². The average Bonchev–Trinajstić information content (AvgIpc) is 2.34. The monoisotopic (exact) mass is 186 g/mol. The summed E-state index contributed by atoms with van der Waals surface area (Å²) in [4.78, 5) is 12.8. The van der Waals surface area contributed by atoms with E-state index in [4.69, 9.17) is 10.5 Å². The molecule has 1 amide bonds. The van der Waals surface area contributed by atoms with Crippen molar-refractivity contribution in [2.24, 2.45) is 5.73 Å². The van der Waals surface area contributed by atoms with Crippen LogP contribution in [-0.2, 0) is 4.74 Å². The van der Waals surface area contributed by atoms with E-state index in [1.54, 1.807) is 0 Å². The van der Waals surface area contributed by atoms with Crippen LogP contribution < -0.4 is 5.73 Å². The van der Waals surface area contributed by atoms with Crippen molar-refractivity contribution in [2.45, 2.75) is 38.8 Å². The van der Waals surface area contributed by atoms with Gasteiger partial charge < -0.3 is 10.5 Å². The molecule has 0 aromatic heterocycles. The summed E-state index contributed by atoms with van der Waals surface area (Å²) >= 11 is 0. The van der Waals surface area contributed by atoms with Crippen LogP contribution in [0.4, 0.5) is 4.79 Å². The fourth-order valence-electron chi connectivity index (χ4n) is 1.83. The first-order valence-corrected chi connectivity index (χ1v) is 4.79. The van der Waals surface area contributed by atoms with Gasteiger partial charge in [0.1, 0.15) is 6.10 Å². The lowest BCUT2D eigenvalue weighted by molar-refractivity contribution is 0.0847. The van der Waals surface area contributed by atoms with Gasteiger partial charge in [0, 0.05) is 12.6 Å². The van der Waals surface area contributed by atoms with Gasteiger partial charge in [-0.25, -0.2) is 4.79 Å². The van der Waals surface area contributed by atoms with E-state index in [0.717, 1.165) is 13.1 Å². The molecule has 0 aliphatic carbocycles. The molecule has 13 heavy (non-hydrogen) atoms. The van der Waals surface area contributed by atoms with Crippen molar-refractivity contribution < 1.29 is 9.53 Å². The average molecular weight is 186 g/mol. The molecule has 1 fully saturated rings. The largest absolute Gasteiger partial charge is 0.445 e. The summed E-state index contributed by atoms with van der Waals surface area (Å²) in [6.45, 7) is 5.97. The third-order valence-electron chi connectivity index (χ3n) is 2.50. The van der Waals surface area contributed by atoms with Crippen molar-refractivity contribution in [3.05, 3.63) is 0 Å². The molecule has 4 heteroatoms. The second-order valence-electron chi connectivity index (χ2n) is 3.73. The number of hydrogen-bond donors (Lipinski definition) is 1. The van der Waals surface area contributed by atoms with Gasteiger partial charge >= 0.3 is 6.09 Å². The van der Waals surface area contributed by atoms with Gasteiger partial charge in [0.05, 0.1) is 0 Å². The fourth-order valence-corrected chi connectivity index (χ4v) is 1.83. The number of likely N-dealkylation sites (tertiary alicyclic amines) is 1. The van der Waals surface area contributed by atoms with Crippen molar-refractivity contribution in [2.75, 3.05) is 13.1 Å². The van der Waals surface area contributed by atoms with E-state index in [0.29, 0.717) is 6.04 Å². The summed E-state index contributed by atoms with van der Waals surface area (Å²) < 4.78 is 4.86. The Kier molecular flexibility index (Phi) is 3.54. The minimum atomic E-state index is -0.681. The van der Waals surface area contributed by atoms with Crippen molar-refractivity contribution >= 4 is 6.09 Å². The first-order chi connectivity index (χ1) is 6.09. The molecule has 2 N–H and O–H groups in total. The maximum atomic E-state index is 10.4. The van der Waals surface area contributed by atoms with Gasteiger partial charge in [0.15, 0.2) is 0 Å². The molecule has 76 valence electrons. The SMILES string of the molecule is CC(CN1CCC[C@@H]1C)OC(N)=O. The highest BCUT2D eigenvalue weighted by atomic mass is 16.6. The first kappa shape index (κ1) is 10.3. The van der Waals surface area contributed by atoms with Gasteiger partial charge in [-0.3, -0.25) is 4.90 Å². The van der Waals surface area contributed by atoms with Gasteiger partial charge in [-0.15, -0.1) is 0 Å². The summed E-state index contributed by atoms with van der Waals surface area (Å²) in [6.07, 6.45) is 1.70. The number of nitrogens with two attached hydrogens (primary N) is 1. The Morgan fingerprint density at radius 3 is 2.92 bits per heavy atom. The zero-order chi connectivity index (χ0) is 9.84. The second kappa shape index (κ2) is 4.46. The van der Waals surface area contributed by atoms with E-state index < -0.39 is 6.09 Å². The molecule has 0 aromatic rings. The van der Waals surface area contributed by atoms with E-state index >= 15 is 0 Å². The quantitative estimate of drug-likeness (QED) is 0.714. The Bertz CT molecular complexity index is 184. The Morgan fingerprint density at radius 2 is 2.46 bits per heavy atom. The van der Waals surface area contributed by atoms with Gasteiger partial charge in [-0.05, 0) is 33.2 Å². The van der Waals surface area contributed by atoms with Crippen molar-refractivity contribution in [3.8, 4) is 0 Å². The molecule has 0 aromatic carbocycles. The molecule has 0 radical (unpaired) electrons. The van der Waals surface area contributed by atoms with Crippen molar-refractivity contribution in [1.82, 2.24) is 4.90 Å². The predicted octanol–water partition coefficient (Wildman–Crippen LogP) is 0.955. The van der Waals surface area contributed by atoms with E-state index in [-0.39, 0.29) is 6.10 Å². The Balaban J connectivity index is 2.26. The number of primary amides is 1. The summed E-state index contributed by atoms with van der Waals surface area (Å²) in [6, 6.07) is 0.610. The summed E-state index contributed by atoms with van der Waals surface area (Å²) in [7, 11) is 0. The topological polar surface area (TPSA) is 55.6 Å². The van der Waals surface area contributed by atoms with Crippen LogP contribution in [-0.4, -0.2) is 36.2 Å². The molecule has 1 rings (SSSR count). The maximum Gasteiger partial charge on any atom is 0.404 e. The fraction of sp³-hybridized carbons (Fsp3) is 0.889. The molecule has 0 saturated carbocycles. The van der Waals surface area contributed by atoms with Crippen molar-refractivity contribution in [3.63, 3.8) is 0 Å². The van der Waals surface area contributed by atoms with Crippen LogP contribution >= 0.6 is 0 Å². The molecule has 0 bridgehead atoms. The highest BCUT2D eigenvalue weighted by Crippen LogP contribution is 2.16. The normalized spacial score (nSPS) is 25.8. The van der Waals surface area contributed by atoms with Crippen LogP contribution in [0.1, 0.15) is 26.7 Å². The molecule has 1 saturated heterocycles. The summed E-state index contributed by atoms with van der Waals surface area (Å²) in [5.41, 5.74) is 4.92. The smallest absolute Gasteiger partial charge is 0.404 e. The minimum Gasteiger partial charge on any atom is -0.445 e. The lowest BCUT2D eigenvalue weighted by Gasteiger charge is -2.24. The number of hydrogen-bond acceptors (Lipinski definition) is 3. The van der Waals surface area contributed by atoms with Crippen LogP contribution in [0, 0.1) is 0 Å². The Morgan fingerprint density at radius 1 is 1.77 bits per heavy atom. The molecule has 1 aliphatic rings. The highest BCUT2D eigenvalue weighted by molar-refractivity contribution is 5.64. The van der Waals surface area contributed by atoms with Gasteiger partial charge in [0.2, 0.25) is 0 Å². The Labute approximate surface area is 79.0 Å².